The Morgan fingerprint density at radius 1 is 1.65 bits per heavy atom. The van der Waals surface area contributed by atoms with Crippen LogP contribution in [0.4, 0.5) is 5.82 Å². The van der Waals surface area contributed by atoms with Gasteiger partial charge in [-0.15, -0.1) is 0 Å². The van der Waals surface area contributed by atoms with Gasteiger partial charge in [-0.2, -0.15) is 0 Å². The van der Waals surface area contributed by atoms with Gasteiger partial charge in [-0.05, 0) is 25.0 Å². The first-order valence-electron chi connectivity index (χ1n) is 5.31. The van der Waals surface area contributed by atoms with Gasteiger partial charge in [0.05, 0.1) is 6.04 Å². The summed E-state index contributed by atoms with van der Waals surface area (Å²) < 4.78 is 4.89. The number of hydrogen-bond acceptors (Lipinski definition) is 4. The van der Waals surface area contributed by atoms with Gasteiger partial charge in [0, 0.05) is 13.7 Å². The predicted molar refractivity (Wildman–Crippen MR) is 67.0 cm³/mol. The normalized spacial score (nSPS) is 12.2. The lowest BCUT2D eigenvalue weighted by Crippen LogP contribution is -2.36. The van der Waals surface area contributed by atoms with Crippen LogP contribution < -0.4 is 11.1 Å². The van der Waals surface area contributed by atoms with Crippen molar-refractivity contribution in [2.45, 2.75) is 18.9 Å². The van der Waals surface area contributed by atoms with E-state index in [0.717, 1.165) is 6.42 Å². The molecule has 1 unspecified atom stereocenters. The number of rotatable bonds is 6. The molecule has 6 heteroatoms. The maximum absolute atomic E-state index is 11.7. The fraction of sp³-hybridized carbons (Fsp3) is 0.455. The lowest BCUT2D eigenvalue weighted by Gasteiger charge is -2.11. The molecule has 1 rings (SSSR count). The number of halogens is 1. The smallest absolute Gasteiger partial charge is 0.242 e. The second kappa shape index (κ2) is 7.21. The molecule has 0 fully saturated rings. The van der Waals surface area contributed by atoms with Crippen LogP contribution >= 0.6 is 11.6 Å². The fourth-order valence-corrected chi connectivity index (χ4v) is 1.44. The Balaban J connectivity index is 2.43. The highest BCUT2D eigenvalue weighted by molar-refractivity contribution is 6.29. The highest BCUT2D eigenvalue weighted by atomic mass is 35.5. The van der Waals surface area contributed by atoms with E-state index in [1.165, 1.54) is 0 Å². The van der Waals surface area contributed by atoms with Crippen LogP contribution in [0.3, 0.4) is 0 Å². The Bertz CT molecular complexity index is 373. The number of anilines is 1. The number of carbonyl (C=O) groups excluding carboxylic acids is 1. The molecule has 0 aliphatic rings. The van der Waals surface area contributed by atoms with Gasteiger partial charge in [0.1, 0.15) is 11.0 Å². The van der Waals surface area contributed by atoms with E-state index in [4.69, 9.17) is 22.1 Å². The molecule has 1 heterocycles. The topological polar surface area (TPSA) is 77.2 Å². The van der Waals surface area contributed by atoms with Crippen molar-refractivity contribution in [2.24, 2.45) is 5.73 Å². The lowest BCUT2D eigenvalue weighted by atomic mass is 10.1. The summed E-state index contributed by atoms with van der Waals surface area (Å²) in [5.41, 5.74) is 5.72. The molecule has 17 heavy (non-hydrogen) atoms. The Hall–Kier alpha value is -1.17. The summed E-state index contributed by atoms with van der Waals surface area (Å²) in [4.78, 5) is 15.6. The summed E-state index contributed by atoms with van der Waals surface area (Å²) in [6, 6.07) is 4.44. The van der Waals surface area contributed by atoms with E-state index < -0.39 is 6.04 Å². The highest BCUT2D eigenvalue weighted by Gasteiger charge is 2.13. The van der Waals surface area contributed by atoms with E-state index in [9.17, 15) is 4.79 Å². The van der Waals surface area contributed by atoms with Gasteiger partial charge in [0.15, 0.2) is 0 Å². The van der Waals surface area contributed by atoms with Gasteiger partial charge in [-0.3, -0.25) is 4.79 Å². The summed E-state index contributed by atoms with van der Waals surface area (Å²) in [6.45, 7) is 0.594. The van der Waals surface area contributed by atoms with Crippen LogP contribution in [0.5, 0.6) is 0 Å². The third-order valence-corrected chi connectivity index (χ3v) is 2.38. The molecule has 94 valence electrons. The molecule has 0 aliphatic heterocycles. The van der Waals surface area contributed by atoms with Crippen LogP contribution in [-0.2, 0) is 9.53 Å². The van der Waals surface area contributed by atoms with Crippen LogP contribution in [0.15, 0.2) is 18.2 Å². The minimum absolute atomic E-state index is 0.268. The molecule has 0 bridgehead atoms. The third-order valence-electron chi connectivity index (χ3n) is 2.17. The average molecular weight is 258 g/mol. The maximum atomic E-state index is 11.7. The number of hydrogen-bond donors (Lipinski definition) is 2. The molecule has 0 saturated carbocycles. The first kappa shape index (κ1) is 13.9. The number of nitrogens with one attached hydrogen (secondary N) is 1. The molecule has 3 N–H and O–H groups in total. The quantitative estimate of drug-likeness (QED) is 0.597. The van der Waals surface area contributed by atoms with Gasteiger partial charge < -0.3 is 15.8 Å². The molecule has 1 amide bonds. The number of nitrogens with two attached hydrogens (primary N) is 1. The molecule has 0 radical (unpaired) electrons. The maximum Gasteiger partial charge on any atom is 0.242 e. The van der Waals surface area contributed by atoms with E-state index in [1.54, 1.807) is 25.3 Å². The summed E-state index contributed by atoms with van der Waals surface area (Å²) in [6.07, 6.45) is 1.31. The lowest BCUT2D eigenvalue weighted by molar-refractivity contribution is -0.117. The van der Waals surface area contributed by atoms with Crippen molar-refractivity contribution in [1.82, 2.24) is 4.98 Å². The summed E-state index contributed by atoms with van der Waals surface area (Å²) in [5.74, 6) is 0.139. The molecule has 1 aromatic rings. The number of nitrogens with zero attached hydrogens (tertiary/aromatic N) is 1. The van der Waals surface area contributed by atoms with Crippen molar-refractivity contribution in [1.29, 1.82) is 0 Å². The van der Waals surface area contributed by atoms with Crippen LogP contribution in [0.1, 0.15) is 12.8 Å². The molecule has 0 aromatic carbocycles. The molecule has 5 nitrogen and oxygen atoms in total. The number of ether oxygens (including phenoxy) is 1. The Morgan fingerprint density at radius 3 is 3.06 bits per heavy atom. The SMILES string of the molecule is COCCCC(N)C(=O)Nc1cccc(Cl)n1. The van der Waals surface area contributed by atoms with E-state index in [1.807, 2.05) is 0 Å². The number of aromatic nitrogens is 1. The van der Waals surface area contributed by atoms with E-state index >= 15 is 0 Å². The van der Waals surface area contributed by atoms with Crippen molar-refractivity contribution < 1.29 is 9.53 Å². The van der Waals surface area contributed by atoms with Crippen molar-refractivity contribution in [2.75, 3.05) is 19.0 Å². The van der Waals surface area contributed by atoms with Gasteiger partial charge in [0.2, 0.25) is 5.91 Å². The first-order valence-corrected chi connectivity index (χ1v) is 5.69. The van der Waals surface area contributed by atoms with Crippen molar-refractivity contribution in [3.05, 3.63) is 23.4 Å². The Kier molecular flexibility index (Phi) is 5.90. The molecular weight excluding hydrogens is 242 g/mol. The molecule has 1 aromatic heterocycles. The van der Waals surface area contributed by atoms with Gasteiger partial charge in [-0.25, -0.2) is 4.98 Å². The van der Waals surface area contributed by atoms with E-state index in [0.29, 0.717) is 24.0 Å². The molecule has 0 spiro atoms. The molecule has 0 saturated heterocycles. The van der Waals surface area contributed by atoms with Crippen LogP contribution in [0.25, 0.3) is 0 Å². The van der Waals surface area contributed by atoms with Crippen LogP contribution in [0.2, 0.25) is 5.15 Å². The molecular formula is C11H16ClN3O2. The standard InChI is InChI=1S/C11H16ClN3O2/c1-17-7-3-4-8(13)11(16)15-10-6-2-5-9(12)14-10/h2,5-6,8H,3-4,7,13H2,1H3,(H,14,15,16). The van der Waals surface area contributed by atoms with E-state index in [-0.39, 0.29) is 5.91 Å². The predicted octanol–water partition coefficient (Wildman–Crippen LogP) is 1.43. The zero-order valence-electron chi connectivity index (χ0n) is 9.65. The van der Waals surface area contributed by atoms with Crippen molar-refractivity contribution in [3.63, 3.8) is 0 Å². The van der Waals surface area contributed by atoms with Crippen LogP contribution in [0, 0.1) is 0 Å². The Morgan fingerprint density at radius 2 is 2.41 bits per heavy atom. The second-order valence-electron chi connectivity index (χ2n) is 3.58. The first-order chi connectivity index (χ1) is 8.13. The average Bonchev–Trinajstić information content (AvgIpc) is 2.29. The van der Waals surface area contributed by atoms with Crippen molar-refractivity contribution in [3.8, 4) is 0 Å². The highest BCUT2D eigenvalue weighted by Crippen LogP contribution is 2.09. The minimum atomic E-state index is -0.564. The molecule has 0 aliphatic carbocycles. The Labute approximate surface area is 105 Å². The fourth-order valence-electron chi connectivity index (χ4n) is 1.28. The number of methoxy groups -OCH3 is 1. The third kappa shape index (κ3) is 5.12. The van der Waals surface area contributed by atoms with Gasteiger partial charge >= 0.3 is 0 Å². The monoisotopic (exact) mass is 257 g/mol. The van der Waals surface area contributed by atoms with E-state index in [2.05, 4.69) is 10.3 Å². The number of pyridine rings is 1. The molecule has 1 atom stereocenters. The number of carbonyl (C=O) groups is 1. The van der Waals surface area contributed by atoms with Gasteiger partial charge in [-0.1, -0.05) is 17.7 Å². The van der Waals surface area contributed by atoms with Gasteiger partial charge in [0.25, 0.3) is 0 Å². The zero-order valence-corrected chi connectivity index (χ0v) is 10.4. The minimum Gasteiger partial charge on any atom is -0.385 e. The summed E-state index contributed by atoms with van der Waals surface area (Å²) in [7, 11) is 1.61. The van der Waals surface area contributed by atoms with Crippen LogP contribution in [-0.4, -0.2) is 30.6 Å². The summed E-state index contributed by atoms with van der Waals surface area (Å²) >= 11 is 5.70. The zero-order chi connectivity index (χ0) is 12.7. The van der Waals surface area contributed by atoms with Crippen molar-refractivity contribution >= 4 is 23.3 Å². The largest absolute Gasteiger partial charge is 0.385 e. The second-order valence-corrected chi connectivity index (χ2v) is 3.96. The number of amides is 1. The summed E-state index contributed by atoms with van der Waals surface area (Å²) in [5, 5.41) is 2.94.